The van der Waals surface area contributed by atoms with E-state index in [1.807, 2.05) is 0 Å². The van der Waals surface area contributed by atoms with Gasteiger partial charge in [0, 0.05) is 23.2 Å². The number of alkyl halides is 3. The van der Waals surface area contributed by atoms with Crippen molar-refractivity contribution in [2.45, 2.75) is 23.9 Å². The quantitative estimate of drug-likeness (QED) is 0.794. The Kier molecular flexibility index (Phi) is 4.55. The van der Waals surface area contributed by atoms with Crippen LogP contribution in [0.5, 0.6) is 0 Å². The van der Waals surface area contributed by atoms with Crippen LogP contribution in [0.15, 0.2) is 27.6 Å². The Morgan fingerprint density at radius 3 is 2.57 bits per heavy atom. The molecular weight excluding hydrogens is 373 g/mol. The van der Waals surface area contributed by atoms with E-state index in [2.05, 4.69) is 15.9 Å². The first-order chi connectivity index (χ1) is 9.62. The molecule has 0 aliphatic carbocycles. The molecule has 1 unspecified atom stereocenters. The first-order valence-electron chi connectivity index (χ1n) is 6.24. The lowest BCUT2D eigenvalue weighted by atomic mass is 9.99. The maximum atomic E-state index is 12.8. The van der Waals surface area contributed by atoms with Crippen molar-refractivity contribution in [3.8, 4) is 0 Å². The van der Waals surface area contributed by atoms with Gasteiger partial charge in [-0.15, -0.1) is 0 Å². The van der Waals surface area contributed by atoms with Gasteiger partial charge in [-0.25, -0.2) is 8.42 Å². The highest BCUT2D eigenvalue weighted by atomic mass is 79.9. The zero-order valence-corrected chi connectivity index (χ0v) is 13.3. The number of benzene rings is 1. The maximum absolute atomic E-state index is 12.8. The first kappa shape index (κ1) is 16.6. The van der Waals surface area contributed by atoms with Crippen LogP contribution in [0.2, 0.25) is 0 Å². The molecule has 1 aromatic rings. The number of hydrogen-bond acceptors (Lipinski definition) is 3. The van der Waals surface area contributed by atoms with E-state index in [0.29, 0.717) is 4.47 Å². The molecule has 1 heterocycles. The summed E-state index contributed by atoms with van der Waals surface area (Å²) < 4.78 is 64.6. The van der Waals surface area contributed by atoms with E-state index in [9.17, 15) is 21.6 Å². The Balaban J connectivity index is 2.28. The molecule has 21 heavy (non-hydrogen) atoms. The molecule has 118 valence electrons. The molecule has 4 nitrogen and oxygen atoms in total. The van der Waals surface area contributed by atoms with Crippen molar-refractivity contribution in [3.63, 3.8) is 0 Å². The number of rotatable bonds is 2. The molecule has 0 saturated carbocycles. The molecule has 1 aliphatic rings. The summed E-state index contributed by atoms with van der Waals surface area (Å²) in [5.41, 5.74) is 5.86. The van der Waals surface area contributed by atoms with Gasteiger partial charge in [0.2, 0.25) is 10.0 Å². The number of anilines is 1. The third-order valence-corrected chi connectivity index (χ3v) is 6.04. The third-order valence-electron chi connectivity index (χ3n) is 3.45. The van der Waals surface area contributed by atoms with E-state index in [1.165, 1.54) is 18.2 Å². The number of nitrogen functional groups attached to an aromatic ring is 1. The van der Waals surface area contributed by atoms with Gasteiger partial charge in [-0.1, -0.05) is 0 Å². The standard InChI is InChI=1S/C12H14BrF3N2O2S/c13-10-4-3-9(6-11(10)17)21(19,20)18-5-1-2-8(7-18)12(14,15)16/h3-4,6,8H,1-2,5,7,17H2. The fraction of sp³-hybridized carbons (Fsp3) is 0.500. The van der Waals surface area contributed by atoms with E-state index in [-0.39, 0.29) is 30.0 Å². The van der Waals surface area contributed by atoms with Crippen molar-refractivity contribution < 1.29 is 21.6 Å². The van der Waals surface area contributed by atoms with Crippen LogP contribution in [-0.2, 0) is 10.0 Å². The summed E-state index contributed by atoms with van der Waals surface area (Å²) in [6, 6.07) is 4.04. The average Bonchev–Trinajstić information content (AvgIpc) is 2.41. The van der Waals surface area contributed by atoms with Gasteiger partial charge in [-0.3, -0.25) is 0 Å². The minimum absolute atomic E-state index is 0.0437. The number of nitrogens with two attached hydrogens (primary N) is 1. The van der Waals surface area contributed by atoms with Crippen LogP contribution in [0, 0.1) is 5.92 Å². The summed E-state index contributed by atoms with van der Waals surface area (Å²) in [7, 11) is -3.96. The van der Waals surface area contributed by atoms with Crippen LogP contribution in [0.3, 0.4) is 0 Å². The minimum atomic E-state index is -4.38. The van der Waals surface area contributed by atoms with E-state index in [0.717, 1.165) is 4.31 Å². The fourth-order valence-corrected chi connectivity index (χ4v) is 4.07. The van der Waals surface area contributed by atoms with Gasteiger partial charge >= 0.3 is 6.18 Å². The second-order valence-electron chi connectivity index (χ2n) is 4.93. The molecule has 0 amide bonds. The monoisotopic (exact) mass is 386 g/mol. The van der Waals surface area contributed by atoms with E-state index in [4.69, 9.17) is 5.73 Å². The van der Waals surface area contributed by atoms with E-state index in [1.54, 1.807) is 0 Å². The largest absolute Gasteiger partial charge is 0.398 e. The lowest BCUT2D eigenvalue weighted by molar-refractivity contribution is -0.182. The molecule has 1 aliphatic heterocycles. The van der Waals surface area contributed by atoms with Crippen molar-refractivity contribution in [2.75, 3.05) is 18.8 Å². The Morgan fingerprint density at radius 2 is 2.00 bits per heavy atom. The first-order valence-corrected chi connectivity index (χ1v) is 8.47. The Labute approximate surface area is 129 Å². The topological polar surface area (TPSA) is 63.4 Å². The molecule has 1 atom stereocenters. The normalized spacial score (nSPS) is 21.4. The predicted molar refractivity (Wildman–Crippen MR) is 76.1 cm³/mol. The zero-order valence-electron chi connectivity index (χ0n) is 10.9. The highest BCUT2D eigenvalue weighted by Gasteiger charge is 2.44. The Morgan fingerprint density at radius 1 is 1.33 bits per heavy atom. The van der Waals surface area contributed by atoms with Crippen LogP contribution in [0.25, 0.3) is 0 Å². The molecule has 0 spiro atoms. The Bertz CT molecular complexity index is 634. The predicted octanol–water partition coefficient (Wildman–Crippen LogP) is 2.99. The SMILES string of the molecule is Nc1cc(S(=O)(=O)N2CCCC(C(F)(F)F)C2)ccc1Br. The molecule has 2 rings (SSSR count). The van der Waals surface area contributed by atoms with Gasteiger partial charge in [0.15, 0.2) is 0 Å². The van der Waals surface area contributed by atoms with Gasteiger partial charge in [0.05, 0.1) is 10.8 Å². The van der Waals surface area contributed by atoms with Gasteiger partial charge < -0.3 is 5.73 Å². The summed E-state index contributed by atoms with van der Waals surface area (Å²) in [6.45, 7) is -0.452. The number of piperidine rings is 1. The van der Waals surface area contributed by atoms with Gasteiger partial charge in [-0.05, 0) is 47.0 Å². The number of halogens is 4. The summed E-state index contributed by atoms with van der Waals surface area (Å²) in [6.07, 6.45) is -4.24. The minimum Gasteiger partial charge on any atom is -0.398 e. The summed E-state index contributed by atoms with van der Waals surface area (Å²) in [5, 5.41) is 0. The fourth-order valence-electron chi connectivity index (χ4n) is 2.26. The summed E-state index contributed by atoms with van der Waals surface area (Å²) in [4.78, 5) is -0.0916. The molecule has 0 aromatic heterocycles. The molecule has 0 radical (unpaired) electrons. The number of hydrogen-bond donors (Lipinski definition) is 1. The van der Waals surface area contributed by atoms with Crippen LogP contribution >= 0.6 is 15.9 Å². The number of nitrogens with zero attached hydrogens (tertiary/aromatic N) is 1. The van der Waals surface area contributed by atoms with Gasteiger partial charge in [-0.2, -0.15) is 17.5 Å². The highest BCUT2D eigenvalue weighted by molar-refractivity contribution is 9.10. The molecule has 9 heteroatoms. The second kappa shape index (κ2) is 5.77. The number of sulfonamides is 1. The van der Waals surface area contributed by atoms with Crippen LogP contribution in [0.4, 0.5) is 18.9 Å². The highest BCUT2D eigenvalue weighted by Crippen LogP contribution is 2.35. The smallest absolute Gasteiger partial charge is 0.393 e. The lowest BCUT2D eigenvalue weighted by Gasteiger charge is -2.32. The van der Waals surface area contributed by atoms with Crippen molar-refractivity contribution in [1.29, 1.82) is 0 Å². The van der Waals surface area contributed by atoms with Crippen molar-refractivity contribution in [3.05, 3.63) is 22.7 Å². The van der Waals surface area contributed by atoms with Gasteiger partial charge in [0.25, 0.3) is 0 Å². The second-order valence-corrected chi connectivity index (χ2v) is 7.72. The maximum Gasteiger partial charge on any atom is 0.393 e. The molecule has 1 fully saturated rings. The van der Waals surface area contributed by atoms with E-state index >= 15 is 0 Å². The van der Waals surface area contributed by atoms with E-state index < -0.39 is 28.7 Å². The molecule has 2 N–H and O–H groups in total. The molecule has 0 bridgehead atoms. The lowest BCUT2D eigenvalue weighted by Crippen LogP contribution is -2.44. The summed E-state index contributed by atoms with van der Waals surface area (Å²) >= 11 is 3.15. The molecule has 1 saturated heterocycles. The average molecular weight is 387 g/mol. The third kappa shape index (κ3) is 3.51. The summed E-state index contributed by atoms with van der Waals surface area (Å²) in [5.74, 6) is -1.62. The van der Waals surface area contributed by atoms with Crippen molar-refractivity contribution >= 4 is 31.6 Å². The van der Waals surface area contributed by atoms with Crippen LogP contribution < -0.4 is 5.73 Å². The van der Waals surface area contributed by atoms with Crippen molar-refractivity contribution in [1.82, 2.24) is 4.31 Å². The molecular formula is C12H14BrF3N2O2S. The Hall–Kier alpha value is -0.800. The van der Waals surface area contributed by atoms with Gasteiger partial charge in [0.1, 0.15) is 0 Å². The zero-order chi connectivity index (χ0) is 15.8. The van der Waals surface area contributed by atoms with Crippen LogP contribution in [0.1, 0.15) is 12.8 Å². The van der Waals surface area contributed by atoms with Crippen molar-refractivity contribution in [2.24, 2.45) is 5.92 Å². The molecule has 1 aromatic carbocycles. The van der Waals surface area contributed by atoms with Crippen LogP contribution in [-0.4, -0.2) is 32.0 Å².